The van der Waals surface area contributed by atoms with Crippen molar-refractivity contribution in [1.82, 2.24) is 10.2 Å². The summed E-state index contributed by atoms with van der Waals surface area (Å²) in [5.74, 6) is -0.700. The Kier molecular flexibility index (Phi) is 9.17. The third-order valence-corrected chi connectivity index (χ3v) is 2.18. The van der Waals surface area contributed by atoms with Crippen molar-refractivity contribution in [1.29, 1.82) is 0 Å². The number of nitrogens with one attached hydrogen (secondary N) is 1. The number of hydrogen-bond acceptors (Lipinski definition) is 3. The fourth-order valence-electron chi connectivity index (χ4n) is 1.17. The summed E-state index contributed by atoms with van der Waals surface area (Å²) < 4.78 is 0. The topological polar surface area (TPSA) is 52.6 Å². The van der Waals surface area contributed by atoms with Crippen LogP contribution in [0.15, 0.2) is 25.2 Å². The Morgan fingerprint density at radius 2 is 2.06 bits per heavy atom. The van der Waals surface area contributed by atoms with Gasteiger partial charge >= 0.3 is 5.97 Å². The average molecular weight is 226 g/mol. The predicted octanol–water partition coefficient (Wildman–Crippen LogP) is 2.16. The van der Waals surface area contributed by atoms with Gasteiger partial charge in [0.1, 0.15) is 0 Å². The second-order valence-corrected chi connectivity index (χ2v) is 3.68. The monoisotopic (exact) mass is 226 g/mol. The van der Waals surface area contributed by atoms with E-state index in [0.717, 1.165) is 32.2 Å². The molecule has 0 rings (SSSR count). The highest BCUT2D eigenvalue weighted by molar-refractivity contribution is 5.66. The number of nitrogens with zero attached hydrogens (tertiary/aromatic N) is 1. The summed E-state index contributed by atoms with van der Waals surface area (Å²) in [5.41, 5.74) is 0. The van der Waals surface area contributed by atoms with Crippen molar-refractivity contribution < 1.29 is 9.90 Å². The summed E-state index contributed by atoms with van der Waals surface area (Å²) in [6.45, 7) is 4.55. The molecular weight excluding hydrogens is 204 g/mol. The summed E-state index contributed by atoms with van der Waals surface area (Å²) in [5, 5.41) is 11.6. The third-order valence-electron chi connectivity index (χ3n) is 2.18. The number of carboxylic acid groups (broad SMARTS) is 1. The second kappa shape index (κ2) is 10.1. The van der Waals surface area contributed by atoms with Crippen LogP contribution in [-0.2, 0) is 4.79 Å². The molecule has 92 valence electrons. The van der Waals surface area contributed by atoms with Crippen LogP contribution in [0.4, 0.5) is 0 Å². The highest BCUT2D eigenvalue weighted by Gasteiger charge is 1.95. The first kappa shape index (κ1) is 14.6. The minimum absolute atomic E-state index is 0.289. The minimum Gasteiger partial charge on any atom is -0.481 e. The van der Waals surface area contributed by atoms with Crippen molar-refractivity contribution in [3.63, 3.8) is 0 Å². The number of carbonyl (C=O) groups is 1. The van der Waals surface area contributed by atoms with Gasteiger partial charge in [0, 0.05) is 32.4 Å². The molecule has 16 heavy (non-hydrogen) atoms. The third kappa shape index (κ3) is 10.6. The van der Waals surface area contributed by atoms with Crippen LogP contribution in [0, 0.1) is 0 Å². The molecule has 0 saturated carbocycles. The normalized spacial score (nSPS) is 10.3. The van der Waals surface area contributed by atoms with Crippen molar-refractivity contribution in [3.8, 4) is 0 Å². The highest BCUT2D eigenvalue weighted by atomic mass is 16.4. The molecule has 0 unspecified atom stereocenters. The van der Waals surface area contributed by atoms with Crippen LogP contribution in [0.3, 0.4) is 0 Å². The Morgan fingerprint density at radius 3 is 2.69 bits per heavy atom. The molecule has 0 aromatic heterocycles. The predicted molar refractivity (Wildman–Crippen MR) is 65.8 cm³/mol. The molecule has 0 radical (unpaired) electrons. The first-order valence-corrected chi connectivity index (χ1v) is 5.63. The largest absolute Gasteiger partial charge is 0.481 e. The van der Waals surface area contributed by atoms with Crippen molar-refractivity contribution in [3.05, 3.63) is 25.2 Å². The van der Waals surface area contributed by atoms with Crippen LogP contribution in [0.1, 0.15) is 32.1 Å². The van der Waals surface area contributed by atoms with Crippen LogP contribution in [-0.4, -0.2) is 29.6 Å². The molecule has 0 aromatic carbocycles. The zero-order valence-corrected chi connectivity index (χ0v) is 9.98. The molecule has 0 aliphatic heterocycles. The zero-order valence-electron chi connectivity index (χ0n) is 9.98. The molecule has 0 aromatic rings. The van der Waals surface area contributed by atoms with E-state index < -0.39 is 5.97 Å². The number of aliphatic carboxylic acids is 1. The van der Waals surface area contributed by atoms with Gasteiger partial charge in [0.15, 0.2) is 0 Å². The quantitative estimate of drug-likeness (QED) is 0.560. The first-order chi connectivity index (χ1) is 7.66. The molecule has 0 spiro atoms. The summed E-state index contributed by atoms with van der Waals surface area (Å²) in [4.78, 5) is 12.1. The molecule has 0 heterocycles. The SMILES string of the molecule is C=CN(C)/C=C\NCCCCCCC(=O)O. The molecule has 0 bridgehead atoms. The van der Waals surface area contributed by atoms with E-state index >= 15 is 0 Å². The molecule has 4 nitrogen and oxygen atoms in total. The van der Waals surface area contributed by atoms with Crippen LogP contribution in [0.5, 0.6) is 0 Å². The lowest BCUT2D eigenvalue weighted by Gasteiger charge is -2.06. The Labute approximate surface area is 97.6 Å². The van der Waals surface area contributed by atoms with Crippen molar-refractivity contribution in [2.24, 2.45) is 0 Å². The zero-order chi connectivity index (χ0) is 12.2. The maximum atomic E-state index is 10.2. The number of unbranched alkanes of at least 4 members (excludes halogenated alkanes) is 3. The lowest BCUT2D eigenvalue weighted by molar-refractivity contribution is -0.137. The van der Waals surface area contributed by atoms with E-state index in [1.165, 1.54) is 0 Å². The highest BCUT2D eigenvalue weighted by Crippen LogP contribution is 2.01. The molecule has 4 heteroatoms. The van der Waals surface area contributed by atoms with Crippen LogP contribution in [0.25, 0.3) is 0 Å². The van der Waals surface area contributed by atoms with Crippen molar-refractivity contribution in [2.45, 2.75) is 32.1 Å². The van der Waals surface area contributed by atoms with Gasteiger partial charge in [-0.1, -0.05) is 19.4 Å². The van der Waals surface area contributed by atoms with Gasteiger partial charge < -0.3 is 15.3 Å². The number of carboxylic acids is 1. The van der Waals surface area contributed by atoms with E-state index in [4.69, 9.17) is 5.11 Å². The van der Waals surface area contributed by atoms with Gasteiger partial charge in [0.05, 0.1) is 0 Å². The van der Waals surface area contributed by atoms with Crippen molar-refractivity contribution in [2.75, 3.05) is 13.6 Å². The summed E-state index contributed by atoms with van der Waals surface area (Å²) in [6.07, 6.45) is 9.72. The Bertz CT molecular complexity index is 227. The first-order valence-electron chi connectivity index (χ1n) is 5.63. The van der Waals surface area contributed by atoms with E-state index in [9.17, 15) is 4.79 Å². The van der Waals surface area contributed by atoms with Crippen LogP contribution < -0.4 is 5.32 Å². The average Bonchev–Trinajstić information content (AvgIpc) is 2.26. The van der Waals surface area contributed by atoms with E-state index in [2.05, 4.69) is 11.9 Å². The standard InChI is InChI=1S/C12H22N2O2/c1-3-14(2)11-10-13-9-7-5-4-6-8-12(15)16/h3,10-11,13H,1,4-9H2,2H3,(H,15,16)/b11-10-. The maximum absolute atomic E-state index is 10.2. The molecule has 0 atom stereocenters. The van der Waals surface area contributed by atoms with Crippen LogP contribution in [0.2, 0.25) is 0 Å². The molecule has 2 N–H and O–H groups in total. The lowest BCUT2D eigenvalue weighted by atomic mass is 10.1. The van der Waals surface area contributed by atoms with Crippen LogP contribution >= 0.6 is 0 Å². The Balaban J connectivity index is 3.18. The Morgan fingerprint density at radius 1 is 1.38 bits per heavy atom. The summed E-state index contributed by atoms with van der Waals surface area (Å²) in [7, 11) is 1.91. The van der Waals surface area contributed by atoms with Gasteiger partial charge in [-0.05, 0) is 19.0 Å². The summed E-state index contributed by atoms with van der Waals surface area (Å²) >= 11 is 0. The van der Waals surface area contributed by atoms with E-state index in [-0.39, 0.29) is 6.42 Å². The molecular formula is C12H22N2O2. The Hall–Kier alpha value is -1.45. The molecule has 0 saturated heterocycles. The molecule has 0 amide bonds. The van der Waals surface area contributed by atoms with E-state index in [1.807, 2.05) is 24.3 Å². The molecule has 0 fully saturated rings. The van der Waals surface area contributed by atoms with Gasteiger partial charge in [0.2, 0.25) is 0 Å². The van der Waals surface area contributed by atoms with Gasteiger partial charge in [0.25, 0.3) is 0 Å². The number of hydrogen-bond donors (Lipinski definition) is 2. The lowest BCUT2D eigenvalue weighted by Crippen LogP contribution is -2.09. The number of rotatable bonds is 10. The fourth-order valence-corrected chi connectivity index (χ4v) is 1.17. The second-order valence-electron chi connectivity index (χ2n) is 3.68. The molecule has 0 aliphatic carbocycles. The van der Waals surface area contributed by atoms with E-state index in [1.54, 1.807) is 6.20 Å². The van der Waals surface area contributed by atoms with Gasteiger partial charge in [-0.2, -0.15) is 0 Å². The van der Waals surface area contributed by atoms with Gasteiger partial charge in [-0.15, -0.1) is 0 Å². The summed E-state index contributed by atoms with van der Waals surface area (Å²) in [6, 6.07) is 0. The fraction of sp³-hybridized carbons (Fsp3) is 0.583. The van der Waals surface area contributed by atoms with Crippen molar-refractivity contribution >= 4 is 5.97 Å². The smallest absolute Gasteiger partial charge is 0.303 e. The van der Waals surface area contributed by atoms with E-state index in [0.29, 0.717) is 0 Å². The van der Waals surface area contributed by atoms with Gasteiger partial charge in [-0.3, -0.25) is 4.79 Å². The minimum atomic E-state index is -0.700. The van der Waals surface area contributed by atoms with Gasteiger partial charge in [-0.25, -0.2) is 0 Å². The maximum Gasteiger partial charge on any atom is 0.303 e. The molecule has 0 aliphatic rings.